The molecule has 1 aromatic heterocycles. The van der Waals surface area contributed by atoms with Gasteiger partial charge in [-0.1, -0.05) is 17.7 Å². The lowest BCUT2D eigenvalue weighted by Crippen LogP contribution is -2.11. The van der Waals surface area contributed by atoms with Gasteiger partial charge in [0, 0.05) is 18.0 Å². The number of carbonyl (C=O) groups is 1. The molecule has 88 valence electrons. The Morgan fingerprint density at radius 1 is 1.41 bits per heavy atom. The second kappa shape index (κ2) is 4.97. The normalized spacial score (nSPS) is 10.0. The van der Waals surface area contributed by atoms with E-state index >= 15 is 0 Å². The number of rotatable bonds is 3. The summed E-state index contributed by atoms with van der Waals surface area (Å²) in [5, 5.41) is 8.14. The molecule has 5 heteroatoms. The number of benzene rings is 1. The van der Waals surface area contributed by atoms with Crippen molar-refractivity contribution in [1.82, 2.24) is 4.98 Å². The van der Waals surface area contributed by atoms with Crippen LogP contribution in [0.5, 0.6) is 0 Å². The molecular weight excluding hydrogens is 234 g/mol. The third-order valence-corrected chi connectivity index (χ3v) is 3.02. The van der Waals surface area contributed by atoms with Gasteiger partial charge in [0.05, 0.1) is 0 Å². The van der Waals surface area contributed by atoms with Crippen molar-refractivity contribution in [3.05, 3.63) is 40.8 Å². The van der Waals surface area contributed by atoms with Gasteiger partial charge in [0.1, 0.15) is 5.82 Å². The quantitative estimate of drug-likeness (QED) is 0.876. The number of amides is 1. The molecule has 0 saturated heterocycles. The summed E-state index contributed by atoms with van der Waals surface area (Å²) in [6, 6.07) is 7.46. The number of aromatic nitrogens is 1. The Labute approximate surface area is 104 Å². The predicted molar refractivity (Wildman–Crippen MR) is 70.8 cm³/mol. The Hall–Kier alpha value is -1.88. The molecule has 0 saturated carbocycles. The SMILES string of the molecule is CNc1csc(NC(=O)c2cccc(C)c2)n1. The summed E-state index contributed by atoms with van der Waals surface area (Å²) < 4.78 is 0. The van der Waals surface area contributed by atoms with Crippen LogP contribution in [0, 0.1) is 6.92 Å². The van der Waals surface area contributed by atoms with E-state index in [2.05, 4.69) is 15.6 Å². The summed E-state index contributed by atoms with van der Waals surface area (Å²) in [6.07, 6.45) is 0. The minimum atomic E-state index is -0.134. The van der Waals surface area contributed by atoms with Gasteiger partial charge in [0.15, 0.2) is 5.13 Å². The van der Waals surface area contributed by atoms with E-state index in [9.17, 15) is 4.79 Å². The third-order valence-electron chi connectivity index (χ3n) is 2.26. The van der Waals surface area contributed by atoms with Crippen LogP contribution in [0.15, 0.2) is 29.6 Å². The number of anilines is 2. The average molecular weight is 247 g/mol. The highest BCUT2D eigenvalue weighted by Crippen LogP contribution is 2.19. The third kappa shape index (κ3) is 2.82. The Balaban J connectivity index is 2.11. The highest BCUT2D eigenvalue weighted by atomic mass is 32.1. The fourth-order valence-electron chi connectivity index (χ4n) is 1.40. The lowest BCUT2D eigenvalue weighted by molar-refractivity contribution is 0.102. The maximum absolute atomic E-state index is 11.9. The van der Waals surface area contributed by atoms with Crippen LogP contribution in [-0.2, 0) is 0 Å². The number of hydrogen-bond donors (Lipinski definition) is 2. The van der Waals surface area contributed by atoms with Crippen LogP contribution < -0.4 is 10.6 Å². The molecule has 0 aliphatic rings. The van der Waals surface area contributed by atoms with E-state index in [0.717, 1.165) is 11.4 Å². The van der Waals surface area contributed by atoms with E-state index in [1.807, 2.05) is 30.5 Å². The standard InChI is InChI=1S/C12H13N3OS/c1-8-4-3-5-9(6-8)11(16)15-12-14-10(13-2)7-17-12/h3-7,13H,1-2H3,(H,14,15,16). The molecule has 2 N–H and O–H groups in total. The summed E-state index contributed by atoms with van der Waals surface area (Å²) in [7, 11) is 1.79. The Kier molecular flexibility index (Phi) is 3.39. The van der Waals surface area contributed by atoms with Crippen LogP contribution in [0.2, 0.25) is 0 Å². The molecule has 1 amide bonds. The Morgan fingerprint density at radius 2 is 2.24 bits per heavy atom. The molecule has 0 unspecified atom stereocenters. The first-order valence-corrected chi connectivity index (χ1v) is 6.08. The molecule has 0 atom stereocenters. The molecule has 0 aliphatic carbocycles. The summed E-state index contributed by atoms with van der Waals surface area (Å²) in [4.78, 5) is 16.1. The number of nitrogens with one attached hydrogen (secondary N) is 2. The van der Waals surface area contributed by atoms with E-state index in [4.69, 9.17) is 0 Å². The van der Waals surface area contributed by atoms with Gasteiger partial charge in [-0.25, -0.2) is 4.98 Å². The van der Waals surface area contributed by atoms with Gasteiger partial charge in [0.2, 0.25) is 0 Å². The summed E-state index contributed by atoms with van der Waals surface area (Å²) >= 11 is 1.40. The van der Waals surface area contributed by atoms with Crippen LogP contribution in [-0.4, -0.2) is 17.9 Å². The topological polar surface area (TPSA) is 54.0 Å². The molecular formula is C12H13N3OS. The second-order valence-corrected chi connectivity index (χ2v) is 4.47. The zero-order valence-corrected chi connectivity index (χ0v) is 10.5. The number of aryl methyl sites for hydroxylation is 1. The predicted octanol–water partition coefficient (Wildman–Crippen LogP) is 2.75. The van der Waals surface area contributed by atoms with E-state index in [-0.39, 0.29) is 5.91 Å². The van der Waals surface area contributed by atoms with Gasteiger partial charge < -0.3 is 5.32 Å². The van der Waals surface area contributed by atoms with E-state index in [1.54, 1.807) is 13.1 Å². The van der Waals surface area contributed by atoms with Gasteiger partial charge in [-0.05, 0) is 19.1 Å². The first kappa shape index (κ1) is 11.6. The first-order valence-electron chi connectivity index (χ1n) is 5.20. The molecule has 0 aliphatic heterocycles. The largest absolute Gasteiger partial charge is 0.372 e. The molecule has 0 spiro atoms. The zero-order valence-electron chi connectivity index (χ0n) is 9.65. The number of hydrogen-bond acceptors (Lipinski definition) is 4. The molecule has 17 heavy (non-hydrogen) atoms. The number of nitrogens with zero attached hydrogens (tertiary/aromatic N) is 1. The Morgan fingerprint density at radius 3 is 2.88 bits per heavy atom. The molecule has 1 aromatic carbocycles. The minimum Gasteiger partial charge on any atom is -0.372 e. The molecule has 2 aromatic rings. The van der Waals surface area contributed by atoms with Crippen LogP contribution in [0.25, 0.3) is 0 Å². The fraction of sp³-hybridized carbons (Fsp3) is 0.167. The second-order valence-electron chi connectivity index (χ2n) is 3.61. The van der Waals surface area contributed by atoms with Crippen LogP contribution in [0.4, 0.5) is 10.9 Å². The molecule has 0 fully saturated rings. The smallest absolute Gasteiger partial charge is 0.257 e. The van der Waals surface area contributed by atoms with Crippen LogP contribution in [0.3, 0.4) is 0 Å². The fourth-order valence-corrected chi connectivity index (χ4v) is 2.10. The number of thiazole rings is 1. The van der Waals surface area contributed by atoms with Crippen molar-refractivity contribution >= 4 is 28.2 Å². The Bertz CT molecular complexity index is 536. The van der Waals surface area contributed by atoms with Gasteiger partial charge in [-0.2, -0.15) is 0 Å². The van der Waals surface area contributed by atoms with Crippen molar-refractivity contribution < 1.29 is 4.79 Å². The monoisotopic (exact) mass is 247 g/mol. The average Bonchev–Trinajstić information content (AvgIpc) is 2.77. The van der Waals surface area contributed by atoms with Crippen molar-refractivity contribution in [2.75, 3.05) is 17.7 Å². The van der Waals surface area contributed by atoms with Gasteiger partial charge in [0.25, 0.3) is 5.91 Å². The summed E-state index contributed by atoms with van der Waals surface area (Å²) in [6.45, 7) is 1.96. The molecule has 0 bridgehead atoms. The lowest BCUT2D eigenvalue weighted by atomic mass is 10.1. The van der Waals surface area contributed by atoms with E-state index in [1.165, 1.54) is 11.3 Å². The highest BCUT2D eigenvalue weighted by molar-refractivity contribution is 7.14. The molecule has 0 radical (unpaired) electrons. The van der Waals surface area contributed by atoms with Crippen molar-refractivity contribution in [1.29, 1.82) is 0 Å². The first-order chi connectivity index (χ1) is 8.19. The highest BCUT2D eigenvalue weighted by Gasteiger charge is 2.08. The van der Waals surface area contributed by atoms with Crippen molar-refractivity contribution in [2.45, 2.75) is 6.92 Å². The molecule has 1 heterocycles. The lowest BCUT2D eigenvalue weighted by Gasteiger charge is -2.02. The van der Waals surface area contributed by atoms with Gasteiger partial charge in [-0.3, -0.25) is 10.1 Å². The summed E-state index contributed by atoms with van der Waals surface area (Å²) in [5.74, 6) is 0.625. The van der Waals surface area contributed by atoms with Crippen molar-refractivity contribution in [3.8, 4) is 0 Å². The van der Waals surface area contributed by atoms with E-state index in [0.29, 0.717) is 10.7 Å². The van der Waals surface area contributed by atoms with Crippen molar-refractivity contribution in [3.63, 3.8) is 0 Å². The summed E-state index contributed by atoms with van der Waals surface area (Å²) in [5.41, 5.74) is 1.71. The van der Waals surface area contributed by atoms with Crippen molar-refractivity contribution in [2.24, 2.45) is 0 Å². The minimum absolute atomic E-state index is 0.134. The van der Waals surface area contributed by atoms with Crippen LogP contribution in [0.1, 0.15) is 15.9 Å². The van der Waals surface area contributed by atoms with Gasteiger partial charge in [-0.15, -0.1) is 11.3 Å². The maximum Gasteiger partial charge on any atom is 0.257 e. The molecule has 4 nitrogen and oxygen atoms in total. The maximum atomic E-state index is 11.9. The van der Waals surface area contributed by atoms with Crippen LogP contribution >= 0.6 is 11.3 Å². The molecule has 2 rings (SSSR count). The van der Waals surface area contributed by atoms with Gasteiger partial charge >= 0.3 is 0 Å². The zero-order chi connectivity index (χ0) is 12.3. The number of carbonyl (C=O) groups excluding carboxylic acids is 1. The van der Waals surface area contributed by atoms with E-state index < -0.39 is 0 Å².